The number of carbonyl (C=O) groups is 3. The van der Waals surface area contributed by atoms with Crippen LogP contribution in [-0.2, 0) is 19.1 Å². The predicted molar refractivity (Wildman–Crippen MR) is 130 cm³/mol. The summed E-state index contributed by atoms with van der Waals surface area (Å²) < 4.78 is 6.20. The van der Waals surface area contributed by atoms with Crippen LogP contribution >= 0.6 is 0 Å². The van der Waals surface area contributed by atoms with Gasteiger partial charge in [0.15, 0.2) is 12.3 Å². The number of carboxylic acid groups (broad SMARTS) is 1. The zero-order chi connectivity index (χ0) is 27.5. The highest BCUT2D eigenvalue weighted by molar-refractivity contribution is 5.87. The lowest BCUT2D eigenvalue weighted by Gasteiger charge is -2.24. The van der Waals surface area contributed by atoms with Crippen LogP contribution in [0.1, 0.15) is 64.5 Å². The minimum absolute atomic E-state index is 0.0410. The van der Waals surface area contributed by atoms with Crippen LogP contribution in [0.25, 0.3) is 0 Å². The van der Waals surface area contributed by atoms with Crippen LogP contribution in [0.3, 0.4) is 0 Å². The number of rotatable bonds is 15. The van der Waals surface area contributed by atoms with E-state index in [1.807, 2.05) is 4.98 Å². The fourth-order valence-electron chi connectivity index (χ4n) is 4.00. The number of hydrogen-bond acceptors (Lipinski definition) is 9. The first-order chi connectivity index (χ1) is 17.6. The van der Waals surface area contributed by atoms with E-state index in [0.29, 0.717) is 6.54 Å². The summed E-state index contributed by atoms with van der Waals surface area (Å²) in [7, 11) is 0. The van der Waals surface area contributed by atoms with Crippen molar-refractivity contribution in [3.63, 3.8) is 0 Å². The number of H-pyrrole nitrogens is 1. The van der Waals surface area contributed by atoms with Gasteiger partial charge in [-0.15, -0.1) is 0 Å². The van der Waals surface area contributed by atoms with E-state index < -0.39 is 59.7 Å². The highest BCUT2D eigenvalue weighted by Gasteiger charge is 2.50. The molecule has 1 aliphatic rings. The van der Waals surface area contributed by atoms with E-state index in [0.717, 1.165) is 42.5 Å². The highest BCUT2D eigenvalue weighted by atomic mass is 16.6. The number of aliphatic carboxylic acids is 1. The van der Waals surface area contributed by atoms with E-state index in [1.165, 1.54) is 12.8 Å². The molecule has 8 N–H and O–H groups in total. The van der Waals surface area contributed by atoms with Gasteiger partial charge in [-0.1, -0.05) is 39.0 Å². The summed E-state index contributed by atoms with van der Waals surface area (Å²) in [6.45, 7) is 2.66. The number of aromatic amines is 1. The third-order valence-electron chi connectivity index (χ3n) is 6.16. The lowest BCUT2D eigenvalue weighted by atomic mass is 10.0. The molecule has 0 unspecified atom stereocenters. The number of nitrogens with zero attached hydrogens (tertiary/aromatic N) is 1. The summed E-state index contributed by atoms with van der Waals surface area (Å²) in [5.41, 5.74) is 4.18. The normalized spacial score (nSPS) is 22.8. The van der Waals surface area contributed by atoms with Crippen molar-refractivity contribution in [2.75, 3.05) is 6.54 Å². The van der Waals surface area contributed by atoms with E-state index in [2.05, 4.69) is 17.6 Å². The summed E-state index contributed by atoms with van der Waals surface area (Å²) in [5, 5.41) is 35.3. The Morgan fingerprint density at radius 2 is 1.81 bits per heavy atom. The van der Waals surface area contributed by atoms with Gasteiger partial charge in [0.1, 0.15) is 18.3 Å². The number of unbranched alkanes of at least 4 members (excludes halogenated alkanes) is 5. The lowest BCUT2D eigenvalue weighted by molar-refractivity contribution is -0.149. The van der Waals surface area contributed by atoms with Gasteiger partial charge in [0.05, 0.1) is 6.04 Å². The van der Waals surface area contributed by atoms with E-state index in [4.69, 9.17) is 10.5 Å². The van der Waals surface area contributed by atoms with Gasteiger partial charge in [-0.3, -0.25) is 23.9 Å². The molecule has 1 aromatic heterocycles. The van der Waals surface area contributed by atoms with Crippen molar-refractivity contribution in [2.24, 2.45) is 5.73 Å². The van der Waals surface area contributed by atoms with Crippen LogP contribution in [0.2, 0.25) is 0 Å². The van der Waals surface area contributed by atoms with Gasteiger partial charge in [-0.25, -0.2) is 9.59 Å². The van der Waals surface area contributed by atoms with Crippen molar-refractivity contribution in [3.05, 3.63) is 33.1 Å². The molecular formula is C23H37N5O9. The minimum Gasteiger partial charge on any atom is -0.480 e. The molecule has 0 spiro atoms. The Balaban J connectivity index is 1.88. The van der Waals surface area contributed by atoms with Gasteiger partial charge in [-0.05, 0) is 12.8 Å². The molecule has 0 bridgehead atoms. The average molecular weight is 528 g/mol. The number of aliphatic hydroxyl groups excluding tert-OH is 2. The van der Waals surface area contributed by atoms with E-state index in [-0.39, 0.29) is 18.7 Å². The maximum atomic E-state index is 12.5. The Morgan fingerprint density at radius 3 is 2.46 bits per heavy atom. The average Bonchev–Trinajstić information content (AvgIpc) is 3.13. The van der Waals surface area contributed by atoms with Crippen LogP contribution in [-0.4, -0.2) is 79.6 Å². The molecule has 2 heterocycles. The quantitative estimate of drug-likeness (QED) is 0.128. The number of carboxylic acids is 1. The predicted octanol–water partition coefficient (Wildman–Crippen LogP) is -1.69. The van der Waals surface area contributed by atoms with Gasteiger partial charge in [0, 0.05) is 25.2 Å². The fraction of sp³-hybridized carbons (Fsp3) is 0.696. The van der Waals surface area contributed by atoms with Crippen molar-refractivity contribution in [3.8, 4) is 0 Å². The number of nitrogens with one attached hydrogen (secondary N) is 3. The topological polar surface area (TPSA) is 226 Å². The largest absolute Gasteiger partial charge is 0.480 e. The molecule has 0 radical (unpaired) electrons. The number of amides is 2. The van der Waals surface area contributed by atoms with Crippen molar-refractivity contribution in [1.82, 2.24) is 20.2 Å². The molecule has 2 rings (SSSR count). The molecule has 14 heteroatoms. The summed E-state index contributed by atoms with van der Waals surface area (Å²) >= 11 is 0. The van der Waals surface area contributed by atoms with E-state index in [9.17, 15) is 39.3 Å². The zero-order valence-electron chi connectivity index (χ0n) is 20.8. The molecule has 0 aromatic carbocycles. The van der Waals surface area contributed by atoms with Crippen LogP contribution < -0.4 is 27.6 Å². The maximum absolute atomic E-state index is 12.5. The summed E-state index contributed by atoms with van der Waals surface area (Å²) in [4.78, 5) is 61.6. The monoisotopic (exact) mass is 527 g/mol. The van der Waals surface area contributed by atoms with Crippen molar-refractivity contribution < 1.29 is 34.4 Å². The first kappa shape index (κ1) is 30.2. The Hall–Kier alpha value is -3.07. The molecule has 208 valence electrons. The summed E-state index contributed by atoms with van der Waals surface area (Å²) in [6.07, 6.45) is 0.719. The number of nitrogens with two attached hydrogens (primary N) is 1. The number of carbonyl (C=O) groups excluding carboxylic acids is 2. The molecule has 2 amide bonds. The van der Waals surface area contributed by atoms with E-state index >= 15 is 0 Å². The SMILES string of the molecule is CCCCCCCCNC(=O)CC[C@H](N)C(=O)N[C@H](C(=O)O)[C@@H]1O[C@@H](n2ccc(=O)[nH]c2=O)[C@H](O)[C@@H]1O. The van der Waals surface area contributed by atoms with Crippen LogP contribution in [0.5, 0.6) is 0 Å². The minimum atomic E-state index is -1.83. The first-order valence-electron chi connectivity index (χ1n) is 12.4. The Bertz CT molecular complexity index is 1030. The third-order valence-corrected chi connectivity index (χ3v) is 6.16. The van der Waals surface area contributed by atoms with Gasteiger partial charge >= 0.3 is 11.7 Å². The fourth-order valence-corrected chi connectivity index (χ4v) is 4.00. The molecule has 1 fully saturated rings. The Kier molecular flexibility index (Phi) is 11.9. The third kappa shape index (κ3) is 8.77. The van der Waals surface area contributed by atoms with Gasteiger partial charge in [0.2, 0.25) is 11.8 Å². The first-order valence-corrected chi connectivity index (χ1v) is 12.4. The second-order valence-electron chi connectivity index (χ2n) is 9.08. The number of ether oxygens (including phenoxy) is 1. The van der Waals surface area contributed by atoms with Gasteiger partial charge in [-0.2, -0.15) is 0 Å². The standard InChI is InChI=1S/C23H37N5O9/c1-2-3-4-5-6-7-11-25-14(29)9-8-13(24)20(33)27-16(22(34)35)19-17(31)18(32)21(37-19)28-12-10-15(30)26-23(28)36/h10,12-13,16-19,21,31-32H,2-9,11,24H2,1H3,(H,25,29)(H,27,33)(H,34,35)(H,26,30,36)/t13-,16-,17-,18+,19-,21+/m0/s1. The van der Waals surface area contributed by atoms with Crippen molar-refractivity contribution >= 4 is 17.8 Å². The molecule has 0 aliphatic carbocycles. The molecule has 1 aromatic rings. The summed E-state index contributed by atoms with van der Waals surface area (Å²) in [5.74, 6) is -2.76. The molecule has 1 aliphatic heterocycles. The van der Waals surface area contributed by atoms with Gasteiger partial charge in [0.25, 0.3) is 5.56 Å². The number of aromatic nitrogens is 2. The molecular weight excluding hydrogens is 490 g/mol. The number of aliphatic hydroxyl groups is 2. The zero-order valence-corrected chi connectivity index (χ0v) is 20.8. The van der Waals surface area contributed by atoms with Crippen molar-refractivity contribution in [1.29, 1.82) is 0 Å². The second kappa shape index (κ2) is 14.6. The second-order valence-corrected chi connectivity index (χ2v) is 9.08. The Labute approximate surface area is 213 Å². The van der Waals surface area contributed by atoms with Crippen molar-refractivity contribution in [2.45, 2.75) is 94.9 Å². The number of hydrogen-bond donors (Lipinski definition) is 7. The Morgan fingerprint density at radius 1 is 1.14 bits per heavy atom. The smallest absolute Gasteiger partial charge is 0.330 e. The van der Waals surface area contributed by atoms with Crippen LogP contribution in [0.15, 0.2) is 21.9 Å². The van der Waals surface area contributed by atoms with Crippen LogP contribution in [0, 0.1) is 0 Å². The maximum Gasteiger partial charge on any atom is 0.330 e. The molecule has 1 saturated heterocycles. The molecule has 0 saturated carbocycles. The molecule has 6 atom stereocenters. The van der Waals surface area contributed by atoms with Crippen LogP contribution in [0.4, 0.5) is 0 Å². The van der Waals surface area contributed by atoms with E-state index in [1.54, 1.807) is 0 Å². The highest BCUT2D eigenvalue weighted by Crippen LogP contribution is 2.30. The lowest BCUT2D eigenvalue weighted by Crippen LogP contribution is -2.56. The molecule has 37 heavy (non-hydrogen) atoms. The van der Waals surface area contributed by atoms with Gasteiger partial charge < -0.3 is 36.4 Å². The summed E-state index contributed by atoms with van der Waals surface area (Å²) in [6, 6.07) is -2.06. The molecule has 14 nitrogen and oxygen atoms in total.